The Hall–Kier alpha value is -2.76. The first-order valence-corrected chi connectivity index (χ1v) is 11.1. The molecule has 4 heterocycles. The number of rotatable bonds is 4. The van der Waals surface area contributed by atoms with Crippen molar-refractivity contribution in [2.75, 3.05) is 26.2 Å². The van der Waals surface area contributed by atoms with Gasteiger partial charge in [-0.15, -0.1) is 0 Å². The van der Waals surface area contributed by atoms with E-state index < -0.39 is 6.04 Å². The molecule has 8 heteroatoms. The summed E-state index contributed by atoms with van der Waals surface area (Å²) < 4.78 is 0. The second-order valence-corrected chi connectivity index (χ2v) is 9.29. The quantitative estimate of drug-likeness (QED) is 0.696. The van der Waals surface area contributed by atoms with Crippen LogP contribution in [0.5, 0.6) is 0 Å². The molecule has 1 aromatic carbocycles. The number of nitriles is 1. The zero-order valence-electron chi connectivity index (χ0n) is 17.5. The number of nitrogens with zero attached hydrogens (tertiary/aromatic N) is 3. The molecule has 8 nitrogen and oxygen atoms in total. The van der Waals surface area contributed by atoms with Crippen molar-refractivity contribution in [2.24, 2.45) is 11.3 Å². The molecule has 162 valence electrons. The van der Waals surface area contributed by atoms with Gasteiger partial charge in [0.15, 0.2) is 0 Å². The molecule has 3 saturated heterocycles. The number of carbonyl (C=O) groups excluding carboxylic acids is 3. The van der Waals surface area contributed by atoms with E-state index in [-0.39, 0.29) is 29.6 Å². The first kappa shape index (κ1) is 20.2. The van der Waals surface area contributed by atoms with Crippen LogP contribution in [0.25, 0.3) is 0 Å². The van der Waals surface area contributed by atoms with Crippen LogP contribution in [0.4, 0.5) is 0 Å². The molecule has 5 rings (SSSR count). The van der Waals surface area contributed by atoms with Gasteiger partial charge in [0.2, 0.25) is 11.8 Å². The fourth-order valence-corrected chi connectivity index (χ4v) is 5.36. The first-order valence-electron chi connectivity index (χ1n) is 11.1. The summed E-state index contributed by atoms with van der Waals surface area (Å²) in [5.41, 5.74) is 2.47. The number of nitrogens with one attached hydrogen (secondary N) is 2. The van der Waals surface area contributed by atoms with Crippen molar-refractivity contribution >= 4 is 17.7 Å². The van der Waals surface area contributed by atoms with E-state index in [4.69, 9.17) is 0 Å². The number of imide groups is 1. The lowest BCUT2D eigenvalue weighted by molar-refractivity contribution is -0.136. The van der Waals surface area contributed by atoms with Crippen LogP contribution >= 0.6 is 0 Å². The van der Waals surface area contributed by atoms with Crippen LogP contribution in [-0.4, -0.2) is 59.7 Å². The zero-order chi connectivity index (χ0) is 21.6. The Bertz CT molecular complexity index is 972. The normalized spacial score (nSPS) is 26.2. The molecule has 0 aromatic heterocycles. The molecule has 3 fully saturated rings. The lowest BCUT2D eigenvalue weighted by Crippen LogP contribution is -2.54. The maximum atomic E-state index is 13.0. The van der Waals surface area contributed by atoms with Crippen molar-refractivity contribution < 1.29 is 14.4 Å². The van der Waals surface area contributed by atoms with E-state index in [1.807, 2.05) is 12.1 Å². The minimum atomic E-state index is -0.580. The predicted molar refractivity (Wildman–Crippen MR) is 111 cm³/mol. The molecule has 0 bridgehead atoms. The van der Waals surface area contributed by atoms with E-state index in [0.29, 0.717) is 24.4 Å². The fourth-order valence-electron chi connectivity index (χ4n) is 5.36. The molecule has 4 aliphatic rings. The molecule has 0 aliphatic carbocycles. The summed E-state index contributed by atoms with van der Waals surface area (Å²) in [7, 11) is 0. The summed E-state index contributed by atoms with van der Waals surface area (Å²) >= 11 is 0. The topological polar surface area (TPSA) is 106 Å². The van der Waals surface area contributed by atoms with Crippen molar-refractivity contribution in [3.05, 3.63) is 34.9 Å². The molecule has 3 amide bonds. The Morgan fingerprint density at radius 2 is 1.94 bits per heavy atom. The van der Waals surface area contributed by atoms with Crippen molar-refractivity contribution in [3.63, 3.8) is 0 Å². The highest BCUT2D eigenvalue weighted by Gasteiger charge is 2.44. The number of benzene rings is 1. The number of hydrogen-bond acceptors (Lipinski definition) is 6. The number of likely N-dealkylation sites (tertiary alicyclic amines) is 1. The average Bonchev–Trinajstić information content (AvgIpc) is 3.04. The third-order valence-corrected chi connectivity index (χ3v) is 7.53. The largest absolute Gasteiger partial charge is 0.322 e. The summed E-state index contributed by atoms with van der Waals surface area (Å²) in [4.78, 5) is 40.6. The third kappa shape index (κ3) is 3.52. The van der Waals surface area contributed by atoms with Crippen LogP contribution in [-0.2, 0) is 22.7 Å². The van der Waals surface area contributed by atoms with Gasteiger partial charge in [0.25, 0.3) is 5.91 Å². The lowest BCUT2D eigenvalue weighted by atomic mass is 9.67. The van der Waals surface area contributed by atoms with Crippen LogP contribution in [0.15, 0.2) is 18.2 Å². The monoisotopic (exact) mass is 421 g/mol. The fraction of sp³-hybridized carbons (Fsp3) is 0.565. The molecule has 31 heavy (non-hydrogen) atoms. The number of carbonyl (C=O) groups is 3. The molecule has 1 aromatic rings. The van der Waals surface area contributed by atoms with Crippen LogP contribution in [0.1, 0.15) is 47.2 Å². The van der Waals surface area contributed by atoms with Gasteiger partial charge >= 0.3 is 0 Å². The molecular weight excluding hydrogens is 394 g/mol. The first-order chi connectivity index (χ1) is 15.0. The Kier molecular flexibility index (Phi) is 5.03. The molecule has 1 unspecified atom stereocenters. The molecule has 0 spiro atoms. The molecular formula is C23H27N5O3. The Balaban J connectivity index is 1.24. The van der Waals surface area contributed by atoms with E-state index in [1.165, 1.54) is 0 Å². The second-order valence-electron chi connectivity index (χ2n) is 9.29. The van der Waals surface area contributed by atoms with Crippen molar-refractivity contribution in [1.29, 1.82) is 5.26 Å². The third-order valence-electron chi connectivity index (χ3n) is 7.53. The Morgan fingerprint density at radius 3 is 2.58 bits per heavy atom. The number of hydrogen-bond donors (Lipinski definition) is 2. The molecule has 0 saturated carbocycles. The average molecular weight is 422 g/mol. The van der Waals surface area contributed by atoms with Crippen LogP contribution in [0, 0.1) is 22.7 Å². The highest BCUT2D eigenvalue weighted by molar-refractivity contribution is 6.05. The van der Waals surface area contributed by atoms with Crippen molar-refractivity contribution in [2.45, 2.75) is 44.8 Å². The summed E-state index contributed by atoms with van der Waals surface area (Å²) in [6, 6.07) is 8.03. The predicted octanol–water partition coefficient (Wildman–Crippen LogP) is 0.773. The van der Waals surface area contributed by atoms with Gasteiger partial charge in [-0.1, -0.05) is 12.1 Å². The molecule has 2 N–H and O–H groups in total. The summed E-state index contributed by atoms with van der Waals surface area (Å²) in [6.07, 6.45) is 2.42. The number of piperidine rings is 2. The van der Waals surface area contributed by atoms with Crippen LogP contribution in [0.3, 0.4) is 0 Å². The van der Waals surface area contributed by atoms with Gasteiger partial charge in [-0.05, 0) is 36.5 Å². The SMILES string of the molecule is N#CC1(C2CNC2)CCN(Cc2ccc3c(c2)C(=O)N(C2CCC(=O)NC2=O)C3)CC1. The maximum Gasteiger partial charge on any atom is 0.255 e. The van der Waals surface area contributed by atoms with Crippen LogP contribution in [0.2, 0.25) is 0 Å². The minimum absolute atomic E-state index is 0.133. The summed E-state index contributed by atoms with van der Waals surface area (Å²) in [5, 5.41) is 15.4. The van der Waals surface area contributed by atoms with E-state index in [1.54, 1.807) is 4.90 Å². The summed E-state index contributed by atoms with van der Waals surface area (Å²) in [6.45, 7) is 4.83. The van der Waals surface area contributed by atoms with E-state index in [2.05, 4.69) is 27.7 Å². The highest BCUT2D eigenvalue weighted by atomic mass is 16.2. The standard InChI is InChI=1S/C23H27N5O3/c24-14-23(17-10-25-11-17)5-7-27(8-6-23)12-15-1-2-16-13-28(22(31)18(16)9-15)19-3-4-20(29)26-21(19)30/h1-2,9,17,19,25H,3-8,10-13H2,(H,26,29,30). The van der Waals surface area contributed by atoms with Gasteiger partial charge in [-0.2, -0.15) is 5.26 Å². The van der Waals surface area contributed by atoms with E-state index in [9.17, 15) is 19.6 Å². The van der Waals surface area contributed by atoms with Gasteiger partial charge in [-0.3, -0.25) is 24.6 Å². The van der Waals surface area contributed by atoms with Gasteiger partial charge in [0.05, 0.1) is 11.5 Å². The van der Waals surface area contributed by atoms with E-state index in [0.717, 1.165) is 56.7 Å². The highest BCUT2D eigenvalue weighted by Crippen LogP contribution is 2.40. The van der Waals surface area contributed by atoms with Gasteiger partial charge in [0, 0.05) is 57.2 Å². The second kappa shape index (κ2) is 7.74. The Morgan fingerprint density at radius 1 is 1.16 bits per heavy atom. The van der Waals surface area contributed by atoms with E-state index >= 15 is 0 Å². The minimum Gasteiger partial charge on any atom is -0.322 e. The zero-order valence-corrected chi connectivity index (χ0v) is 17.5. The summed E-state index contributed by atoms with van der Waals surface area (Å²) in [5.74, 6) is -0.321. The molecule has 1 atom stereocenters. The van der Waals surface area contributed by atoms with Crippen LogP contribution < -0.4 is 10.6 Å². The number of fused-ring (bicyclic) bond motifs is 1. The molecule has 0 radical (unpaired) electrons. The van der Waals surface area contributed by atoms with Gasteiger partial charge in [-0.25, -0.2) is 0 Å². The smallest absolute Gasteiger partial charge is 0.255 e. The Labute approximate surface area is 181 Å². The molecule has 4 aliphatic heterocycles. The van der Waals surface area contributed by atoms with Gasteiger partial charge in [0.1, 0.15) is 6.04 Å². The van der Waals surface area contributed by atoms with Crippen molar-refractivity contribution in [3.8, 4) is 6.07 Å². The number of amides is 3. The lowest BCUT2D eigenvalue weighted by Gasteiger charge is -2.46. The maximum absolute atomic E-state index is 13.0. The van der Waals surface area contributed by atoms with Crippen molar-refractivity contribution in [1.82, 2.24) is 20.4 Å². The van der Waals surface area contributed by atoms with Gasteiger partial charge < -0.3 is 10.2 Å².